The van der Waals surface area contributed by atoms with Crippen molar-refractivity contribution in [2.24, 2.45) is 4.99 Å². The Morgan fingerprint density at radius 1 is 1.23 bits per heavy atom. The number of rotatable bonds is 3. The van der Waals surface area contributed by atoms with E-state index in [4.69, 9.17) is 4.99 Å². The molecular weight excluding hydrogens is 451 g/mol. The number of fused-ring (bicyclic) bond motifs is 2. The van der Waals surface area contributed by atoms with Gasteiger partial charge >= 0.3 is 6.18 Å². The first-order valence-corrected chi connectivity index (χ1v) is 10.7. The molecule has 1 fully saturated rings. The van der Waals surface area contributed by atoms with Crippen molar-refractivity contribution in [1.29, 1.82) is 5.26 Å². The molecule has 1 spiro atoms. The van der Waals surface area contributed by atoms with E-state index in [1.165, 1.54) is 28.3 Å². The minimum absolute atomic E-state index is 0.209. The van der Waals surface area contributed by atoms with E-state index in [0.29, 0.717) is 15.8 Å². The molecule has 1 aliphatic carbocycles. The highest BCUT2D eigenvalue weighted by molar-refractivity contribution is 8.38. The molecule has 156 valence electrons. The Hall–Kier alpha value is -3.05. The van der Waals surface area contributed by atoms with Crippen LogP contribution in [-0.2, 0) is 17.5 Å². The van der Waals surface area contributed by atoms with Gasteiger partial charge in [-0.3, -0.25) is 4.99 Å². The highest BCUT2D eigenvalue weighted by Gasteiger charge is 2.49. The van der Waals surface area contributed by atoms with E-state index in [1.54, 1.807) is 18.5 Å². The summed E-state index contributed by atoms with van der Waals surface area (Å²) in [6.45, 7) is 0. The zero-order valence-corrected chi connectivity index (χ0v) is 17.0. The number of alkyl halides is 3. The standard InChI is InChI=1S/C17H10F3N9S2/c18-17(19,20)14-22-7-9(11(6-21)25-14)8-30-15-26-16(1-2-16)10-5-12(27-28-13(10)31-15)29-23-3-4-24-29/h3-5,7H,1-2,8H2. The molecule has 1 aliphatic heterocycles. The second-order valence-corrected chi connectivity index (χ2v) is 8.92. The Morgan fingerprint density at radius 3 is 2.68 bits per heavy atom. The van der Waals surface area contributed by atoms with Gasteiger partial charge in [-0.25, -0.2) is 9.97 Å². The number of aromatic nitrogens is 7. The second kappa shape index (κ2) is 7.27. The van der Waals surface area contributed by atoms with Crippen molar-refractivity contribution in [2.45, 2.75) is 35.3 Å². The quantitative estimate of drug-likeness (QED) is 0.579. The van der Waals surface area contributed by atoms with Gasteiger partial charge < -0.3 is 0 Å². The van der Waals surface area contributed by atoms with E-state index in [1.807, 2.05) is 6.07 Å². The maximum absolute atomic E-state index is 12.8. The third kappa shape index (κ3) is 3.74. The molecule has 0 saturated heterocycles. The van der Waals surface area contributed by atoms with Crippen LogP contribution in [0.1, 0.15) is 35.5 Å². The molecule has 0 N–H and O–H groups in total. The zero-order chi connectivity index (χ0) is 21.6. The van der Waals surface area contributed by atoms with Gasteiger partial charge in [-0.05, 0) is 30.7 Å². The van der Waals surface area contributed by atoms with Gasteiger partial charge in [0, 0.05) is 23.1 Å². The molecule has 3 aromatic rings. The lowest BCUT2D eigenvalue weighted by Crippen LogP contribution is -2.16. The van der Waals surface area contributed by atoms with Crippen LogP contribution in [-0.4, -0.2) is 39.5 Å². The Balaban J connectivity index is 1.37. The first-order chi connectivity index (χ1) is 14.9. The number of nitriles is 1. The van der Waals surface area contributed by atoms with Crippen LogP contribution in [0.2, 0.25) is 0 Å². The molecule has 0 radical (unpaired) electrons. The molecule has 14 heteroatoms. The molecule has 0 unspecified atom stereocenters. The molecule has 1 saturated carbocycles. The summed E-state index contributed by atoms with van der Waals surface area (Å²) in [6.07, 6.45) is 1.15. The number of hydrogen-bond acceptors (Lipinski definition) is 10. The van der Waals surface area contributed by atoms with Gasteiger partial charge in [-0.1, -0.05) is 11.8 Å². The highest BCUT2D eigenvalue weighted by atomic mass is 32.2. The van der Waals surface area contributed by atoms with Gasteiger partial charge in [0.15, 0.2) is 5.82 Å². The monoisotopic (exact) mass is 461 g/mol. The normalized spacial score (nSPS) is 16.5. The summed E-state index contributed by atoms with van der Waals surface area (Å²) >= 11 is 2.64. The Labute approximate surface area is 181 Å². The van der Waals surface area contributed by atoms with Crippen LogP contribution in [0.4, 0.5) is 13.2 Å². The van der Waals surface area contributed by atoms with Crippen molar-refractivity contribution in [3.8, 4) is 11.9 Å². The van der Waals surface area contributed by atoms with E-state index >= 15 is 0 Å². The number of hydrogen-bond donors (Lipinski definition) is 0. The van der Waals surface area contributed by atoms with Gasteiger partial charge in [0.05, 0.1) is 17.9 Å². The Morgan fingerprint density at radius 2 is 2.00 bits per heavy atom. The van der Waals surface area contributed by atoms with Crippen LogP contribution in [0.3, 0.4) is 0 Å². The highest BCUT2D eigenvalue weighted by Crippen LogP contribution is 2.56. The SMILES string of the molecule is N#Cc1nc(C(F)(F)F)ncc1CSC1=NC2(CC2)c2cc(-n3nccn3)nnc2S1. The fraction of sp³-hybridized carbons (Fsp3) is 0.294. The van der Waals surface area contributed by atoms with Crippen LogP contribution < -0.4 is 0 Å². The molecule has 0 aromatic carbocycles. The van der Waals surface area contributed by atoms with Crippen LogP contribution in [0, 0.1) is 11.3 Å². The molecule has 4 heterocycles. The minimum atomic E-state index is -4.70. The van der Waals surface area contributed by atoms with Gasteiger partial charge in [-0.15, -0.1) is 15.0 Å². The number of halogens is 3. The largest absolute Gasteiger partial charge is 0.451 e. The summed E-state index contributed by atoms with van der Waals surface area (Å²) < 4.78 is 39.0. The lowest BCUT2D eigenvalue weighted by atomic mass is 10.1. The van der Waals surface area contributed by atoms with Crippen molar-refractivity contribution >= 4 is 27.9 Å². The smallest absolute Gasteiger partial charge is 0.260 e. The van der Waals surface area contributed by atoms with E-state index in [0.717, 1.165) is 29.6 Å². The van der Waals surface area contributed by atoms with Gasteiger partial charge in [0.2, 0.25) is 5.82 Å². The lowest BCUT2D eigenvalue weighted by Gasteiger charge is -2.21. The maximum atomic E-state index is 12.8. The second-order valence-electron chi connectivity index (χ2n) is 6.72. The fourth-order valence-corrected chi connectivity index (χ4v) is 5.20. The first-order valence-electron chi connectivity index (χ1n) is 8.87. The molecule has 5 rings (SSSR count). The van der Waals surface area contributed by atoms with Crippen LogP contribution in [0.5, 0.6) is 0 Å². The van der Waals surface area contributed by atoms with Gasteiger partial charge in [0.25, 0.3) is 0 Å². The first kappa shape index (κ1) is 19.9. The average molecular weight is 461 g/mol. The maximum Gasteiger partial charge on any atom is 0.451 e. The van der Waals surface area contributed by atoms with E-state index in [9.17, 15) is 18.4 Å². The van der Waals surface area contributed by atoms with E-state index < -0.39 is 12.0 Å². The number of thioether (sulfide) groups is 2. The molecule has 0 bridgehead atoms. The number of nitrogens with zero attached hydrogens (tertiary/aromatic N) is 9. The van der Waals surface area contributed by atoms with E-state index in [-0.39, 0.29) is 17.0 Å². The molecule has 9 nitrogen and oxygen atoms in total. The van der Waals surface area contributed by atoms with Crippen molar-refractivity contribution in [2.75, 3.05) is 0 Å². The summed E-state index contributed by atoms with van der Waals surface area (Å²) in [7, 11) is 0. The molecule has 3 aromatic heterocycles. The summed E-state index contributed by atoms with van der Waals surface area (Å²) in [5.41, 5.74) is 0.592. The van der Waals surface area contributed by atoms with Crippen LogP contribution >= 0.6 is 23.5 Å². The molecule has 31 heavy (non-hydrogen) atoms. The third-order valence-electron chi connectivity index (χ3n) is 4.66. The average Bonchev–Trinajstić information content (AvgIpc) is 3.30. The van der Waals surface area contributed by atoms with Crippen molar-refractivity contribution in [3.05, 3.63) is 47.3 Å². The molecular formula is C17H10F3N9S2. The third-order valence-corrected chi connectivity index (χ3v) is 6.82. The van der Waals surface area contributed by atoms with Crippen LogP contribution in [0.15, 0.2) is 34.7 Å². The van der Waals surface area contributed by atoms with Crippen LogP contribution in [0.25, 0.3) is 5.82 Å². The topological polar surface area (TPSA) is 118 Å². The molecule has 0 atom stereocenters. The summed E-state index contributed by atoms with van der Waals surface area (Å²) in [6, 6.07) is 3.59. The Kier molecular flexibility index (Phi) is 4.67. The van der Waals surface area contributed by atoms with Crippen molar-refractivity contribution in [1.82, 2.24) is 35.2 Å². The Bertz CT molecular complexity index is 1230. The lowest BCUT2D eigenvalue weighted by molar-refractivity contribution is -0.145. The van der Waals surface area contributed by atoms with Gasteiger partial charge in [-0.2, -0.15) is 28.6 Å². The van der Waals surface area contributed by atoms with Crippen molar-refractivity contribution in [3.63, 3.8) is 0 Å². The predicted octanol–water partition coefficient (Wildman–Crippen LogP) is 3.12. The zero-order valence-electron chi connectivity index (χ0n) is 15.4. The summed E-state index contributed by atoms with van der Waals surface area (Å²) in [5.74, 6) is -0.616. The van der Waals surface area contributed by atoms with Crippen molar-refractivity contribution < 1.29 is 13.2 Å². The van der Waals surface area contributed by atoms with E-state index in [2.05, 4.69) is 30.4 Å². The fourth-order valence-electron chi connectivity index (χ4n) is 3.00. The van der Waals surface area contributed by atoms with Gasteiger partial charge in [0.1, 0.15) is 21.2 Å². The molecule has 0 amide bonds. The molecule has 2 aliphatic rings. The number of aliphatic imine (C=N–C) groups is 1. The summed E-state index contributed by atoms with van der Waals surface area (Å²) in [5, 5.41) is 26.5. The predicted molar refractivity (Wildman–Crippen MR) is 104 cm³/mol. The summed E-state index contributed by atoms with van der Waals surface area (Å²) in [4.78, 5) is 12.9. The minimum Gasteiger partial charge on any atom is -0.260 e.